The number of methoxy groups -OCH3 is 1. The van der Waals surface area contributed by atoms with Crippen molar-refractivity contribution >= 4 is 11.9 Å². The van der Waals surface area contributed by atoms with Gasteiger partial charge in [-0.3, -0.25) is 0 Å². The lowest BCUT2D eigenvalue weighted by molar-refractivity contribution is -0.137. The van der Waals surface area contributed by atoms with Gasteiger partial charge < -0.3 is 14.2 Å². The number of hydrogen-bond acceptors (Lipinski definition) is 5. The van der Waals surface area contributed by atoms with Crippen LogP contribution in [-0.4, -0.2) is 32.3 Å². The molecule has 0 radical (unpaired) electrons. The van der Waals surface area contributed by atoms with Gasteiger partial charge in [0.05, 0.1) is 18.8 Å². The number of ether oxygens (including phenoxy) is 3. The van der Waals surface area contributed by atoms with Crippen LogP contribution in [0, 0.1) is 17.8 Å². The lowest BCUT2D eigenvalue weighted by atomic mass is 9.68. The molecule has 2 aromatic carbocycles. The minimum absolute atomic E-state index is 0.0277. The summed E-state index contributed by atoms with van der Waals surface area (Å²) in [6, 6.07) is 14.1. The van der Waals surface area contributed by atoms with E-state index in [2.05, 4.69) is 31.4 Å². The zero-order chi connectivity index (χ0) is 31.5. The zero-order valence-corrected chi connectivity index (χ0v) is 25.7. The Morgan fingerprint density at radius 3 is 2.16 bits per heavy atom. The lowest BCUT2D eigenvalue weighted by Gasteiger charge is -2.38. The first-order chi connectivity index (χ1) is 21.3. The average molecular weight is 607 g/mol. The van der Waals surface area contributed by atoms with Crippen molar-refractivity contribution in [2.45, 2.75) is 70.1 Å². The van der Waals surface area contributed by atoms with Gasteiger partial charge in [0.1, 0.15) is 5.75 Å². The topological polar surface area (TPSA) is 61.8 Å². The summed E-state index contributed by atoms with van der Waals surface area (Å²) in [6.07, 6.45) is 10.7. The van der Waals surface area contributed by atoms with Crippen LogP contribution in [0.15, 0.2) is 79.4 Å². The predicted molar refractivity (Wildman–Crippen MR) is 168 cm³/mol. The Balaban J connectivity index is 1.45. The third-order valence-electron chi connectivity index (χ3n) is 9.21. The summed E-state index contributed by atoms with van der Waals surface area (Å²) in [5.41, 5.74) is 4.99. The molecule has 0 aliphatic heterocycles. The van der Waals surface area contributed by atoms with Crippen molar-refractivity contribution in [2.75, 3.05) is 20.3 Å². The molecular formula is C37H44F2O5. The van der Waals surface area contributed by atoms with Crippen LogP contribution in [0.25, 0.3) is 11.1 Å². The Labute approximate surface area is 260 Å². The first-order valence-electron chi connectivity index (χ1n) is 15.7. The van der Waals surface area contributed by atoms with E-state index in [-0.39, 0.29) is 18.1 Å². The Morgan fingerprint density at radius 1 is 0.909 bits per heavy atom. The van der Waals surface area contributed by atoms with Crippen molar-refractivity contribution in [1.29, 1.82) is 0 Å². The number of halogens is 2. The van der Waals surface area contributed by atoms with E-state index in [4.69, 9.17) is 14.2 Å². The molecule has 0 heterocycles. The molecule has 0 atom stereocenters. The smallest absolute Gasteiger partial charge is 0.341 e. The molecule has 0 bridgehead atoms. The van der Waals surface area contributed by atoms with Gasteiger partial charge in [-0.25, -0.2) is 9.59 Å². The van der Waals surface area contributed by atoms with Gasteiger partial charge in [0.25, 0.3) is 6.08 Å². The molecule has 4 rings (SSSR count). The van der Waals surface area contributed by atoms with E-state index in [0.717, 1.165) is 81.4 Å². The molecule has 0 spiro atoms. The van der Waals surface area contributed by atoms with Crippen molar-refractivity contribution in [3.05, 3.63) is 90.6 Å². The predicted octanol–water partition coefficient (Wildman–Crippen LogP) is 8.98. The van der Waals surface area contributed by atoms with E-state index in [9.17, 15) is 18.4 Å². The summed E-state index contributed by atoms with van der Waals surface area (Å²) in [5, 5.41) is 0. The summed E-state index contributed by atoms with van der Waals surface area (Å²) >= 11 is 0. The van der Waals surface area contributed by atoms with E-state index in [1.165, 1.54) is 24.3 Å². The molecule has 2 saturated carbocycles. The summed E-state index contributed by atoms with van der Waals surface area (Å²) < 4.78 is 41.0. The highest BCUT2D eigenvalue weighted by Gasteiger charge is 2.32. The second-order valence-electron chi connectivity index (χ2n) is 12.1. The maximum Gasteiger partial charge on any atom is 0.341 e. The summed E-state index contributed by atoms with van der Waals surface area (Å²) in [5.74, 6) is 1.28. The van der Waals surface area contributed by atoms with Crippen LogP contribution < -0.4 is 4.74 Å². The van der Waals surface area contributed by atoms with Crippen molar-refractivity contribution in [1.82, 2.24) is 0 Å². The summed E-state index contributed by atoms with van der Waals surface area (Å²) in [4.78, 5) is 23.7. The molecule has 0 aromatic heterocycles. The van der Waals surface area contributed by atoms with Crippen molar-refractivity contribution in [2.24, 2.45) is 17.8 Å². The second-order valence-corrected chi connectivity index (χ2v) is 12.1. The zero-order valence-electron chi connectivity index (χ0n) is 25.7. The molecule has 7 heteroatoms. The highest BCUT2D eigenvalue weighted by Crippen LogP contribution is 2.45. The minimum Gasteiger partial charge on any atom is -0.463 e. The second kappa shape index (κ2) is 16.5. The highest BCUT2D eigenvalue weighted by atomic mass is 19.3. The molecule has 236 valence electrons. The van der Waals surface area contributed by atoms with E-state index in [1.807, 2.05) is 12.1 Å². The van der Waals surface area contributed by atoms with Gasteiger partial charge in [-0.15, -0.1) is 0 Å². The van der Waals surface area contributed by atoms with Gasteiger partial charge in [-0.05, 0) is 128 Å². The van der Waals surface area contributed by atoms with Crippen LogP contribution in [0.4, 0.5) is 8.78 Å². The number of carbonyl (C=O) groups is 2. The van der Waals surface area contributed by atoms with Crippen LogP contribution in [-0.2, 0) is 25.5 Å². The fourth-order valence-electron chi connectivity index (χ4n) is 6.87. The van der Waals surface area contributed by atoms with E-state index >= 15 is 0 Å². The van der Waals surface area contributed by atoms with Crippen molar-refractivity contribution in [3.63, 3.8) is 0 Å². The van der Waals surface area contributed by atoms with Crippen molar-refractivity contribution < 1.29 is 32.6 Å². The van der Waals surface area contributed by atoms with E-state index < -0.39 is 18.0 Å². The first-order valence-corrected chi connectivity index (χ1v) is 15.7. The Hall–Kier alpha value is -3.58. The molecule has 0 unspecified atom stereocenters. The number of hydrogen-bond donors (Lipinski definition) is 0. The fourth-order valence-corrected chi connectivity index (χ4v) is 6.87. The summed E-state index contributed by atoms with van der Waals surface area (Å²) in [7, 11) is 1.50. The van der Waals surface area contributed by atoms with Crippen LogP contribution in [0.3, 0.4) is 0 Å². The van der Waals surface area contributed by atoms with Crippen LogP contribution in [0.5, 0.6) is 5.75 Å². The molecule has 2 aliphatic rings. The number of esters is 2. The average Bonchev–Trinajstić information content (AvgIpc) is 3.03. The molecule has 0 amide bonds. The third-order valence-corrected chi connectivity index (χ3v) is 9.21. The maximum atomic E-state index is 12.7. The van der Waals surface area contributed by atoms with Gasteiger partial charge in [0, 0.05) is 13.2 Å². The lowest BCUT2D eigenvalue weighted by Crippen LogP contribution is -2.25. The van der Waals surface area contributed by atoms with Crippen LogP contribution in [0.2, 0.25) is 0 Å². The molecule has 2 fully saturated rings. The monoisotopic (exact) mass is 606 g/mol. The quantitative estimate of drug-likeness (QED) is 0.0986. The number of aryl methyl sites for hydroxylation is 1. The molecule has 2 aliphatic carbocycles. The highest BCUT2D eigenvalue weighted by molar-refractivity contribution is 5.89. The van der Waals surface area contributed by atoms with Crippen LogP contribution in [0.1, 0.15) is 74.8 Å². The Bertz CT molecular complexity index is 1310. The maximum absolute atomic E-state index is 12.7. The Kier molecular flexibility index (Phi) is 12.5. The van der Waals surface area contributed by atoms with Gasteiger partial charge in [-0.1, -0.05) is 43.5 Å². The first kappa shape index (κ1) is 33.3. The minimum atomic E-state index is -1.55. The van der Waals surface area contributed by atoms with Crippen molar-refractivity contribution in [3.8, 4) is 16.9 Å². The van der Waals surface area contributed by atoms with Gasteiger partial charge >= 0.3 is 11.9 Å². The van der Waals surface area contributed by atoms with Gasteiger partial charge in [0.2, 0.25) is 0 Å². The number of allylic oxidation sites excluding steroid dienone is 1. The number of carbonyl (C=O) groups excluding carboxylic acids is 2. The summed E-state index contributed by atoms with van der Waals surface area (Å²) in [6.45, 7) is 7.62. The van der Waals surface area contributed by atoms with Crippen LogP contribution >= 0.6 is 0 Å². The van der Waals surface area contributed by atoms with E-state index in [1.54, 1.807) is 12.1 Å². The van der Waals surface area contributed by atoms with Gasteiger partial charge in [0.15, 0.2) is 0 Å². The van der Waals surface area contributed by atoms with E-state index in [0.29, 0.717) is 30.1 Å². The standard InChI is InChI=1S/C37H44F2O5/c1-4-36(40)43-21-5-6-30-15-16-32(29-17-19-33(20-18-29)44-37(41)25(2)24-42-3)23-34(30)31-13-11-28(12-14-31)27-9-7-26(8-10-27)22-35(38)39/h4,15-20,22-23,26-28,31H,1-2,5-14,21,24H2,3H3. The molecule has 44 heavy (non-hydrogen) atoms. The SMILES string of the molecule is C=CC(=O)OCCCc1ccc(-c2ccc(OC(=O)C(=C)COC)cc2)cc1C1CCC(C2CCC(C=C(F)F)CC2)CC1. The molecule has 0 saturated heterocycles. The van der Waals surface area contributed by atoms with Gasteiger partial charge in [-0.2, -0.15) is 8.78 Å². The molecule has 5 nitrogen and oxygen atoms in total. The molecule has 0 N–H and O–H groups in total. The number of rotatable bonds is 13. The molecular weight excluding hydrogens is 562 g/mol. The normalized spacial score (nSPS) is 21.6. The number of benzene rings is 2. The Morgan fingerprint density at radius 2 is 1.55 bits per heavy atom. The largest absolute Gasteiger partial charge is 0.463 e. The third kappa shape index (κ3) is 9.46. The fraction of sp³-hybridized carbons (Fsp3) is 0.459. The molecule has 2 aromatic rings.